The van der Waals surface area contributed by atoms with Crippen LogP contribution in [0, 0.1) is 0 Å². The Morgan fingerprint density at radius 1 is 0.972 bits per heavy atom. The summed E-state index contributed by atoms with van der Waals surface area (Å²) in [6.07, 6.45) is -0.0351. The highest BCUT2D eigenvalue weighted by molar-refractivity contribution is 7.93. The Labute approximate surface area is 209 Å². The minimum absolute atomic E-state index is 0.0351. The first kappa shape index (κ1) is 24.9. The van der Waals surface area contributed by atoms with E-state index in [1.807, 2.05) is 0 Å². The van der Waals surface area contributed by atoms with Crippen molar-refractivity contribution in [2.45, 2.75) is 12.5 Å². The maximum atomic E-state index is 13.1. The number of amides is 1. The molecule has 1 heterocycles. The van der Waals surface area contributed by atoms with E-state index in [4.69, 9.17) is 4.74 Å². The minimum Gasteiger partial charge on any atom is -0.469 e. The van der Waals surface area contributed by atoms with E-state index in [0.717, 1.165) is 0 Å². The molecule has 1 unspecified atom stereocenters. The smallest absolute Gasteiger partial charge is 0.308 e. The molecule has 0 radical (unpaired) electrons. The van der Waals surface area contributed by atoms with Crippen LogP contribution in [0.1, 0.15) is 38.7 Å². The molecule has 0 aliphatic carbocycles. The predicted molar refractivity (Wildman–Crippen MR) is 135 cm³/mol. The van der Waals surface area contributed by atoms with Crippen molar-refractivity contribution in [3.05, 3.63) is 95.6 Å². The molecule has 0 bridgehead atoms. The number of anilines is 2. The van der Waals surface area contributed by atoms with Crippen molar-refractivity contribution in [2.75, 3.05) is 29.6 Å². The molecule has 0 saturated carbocycles. The van der Waals surface area contributed by atoms with Gasteiger partial charge in [-0.1, -0.05) is 54.6 Å². The molecule has 3 aromatic rings. The van der Waals surface area contributed by atoms with E-state index in [9.17, 15) is 22.8 Å². The van der Waals surface area contributed by atoms with Gasteiger partial charge in [-0.15, -0.1) is 0 Å². The standard InChI is InChI=1S/C26H25N3O6S/c1-28-26(32)22-14-7-6-13-21(22)23(16-25(31)35-2)29(28)20-12-8-11-19(15-20)27-36(33,34)17-24(30)18-9-4-3-5-10-18/h3-15,23,27H,16-17H2,1-2H3. The third kappa shape index (κ3) is 5.23. The van der Waals surface area contributed by atoms with Gasteiger partial charge in [0.2, 0.25) is 10.0 Å². The number of nitrogens with one attached hydrogen (secondary N) is 1. The number of methoxy groups -OCH3 is 1. The molecule has 1 aliphatic rings. The number of hydrazine groups is 1. The van der Waals surface area contributed by atoms with Gasteiger partial charge in [0.15, 0.2) is 5.78 Å². The normalized spacial score (nSPS) is 15.3. The lowest BCUT2D eigenvalue weighted by Crippen LogP contribution is -2.51. The maximum absolute atomic E-state index is 13.1. The lowest BCUT2D eigenvalue weighted by atomic mass is 9.94. The number of carbonyl (C=O) groups excluding carboxylic acids is 3. The molecule has 10 heteroatoms. The van der Waals surface area contributed by atoms with Gasteiger partial charge >= 0.3 is 5.97 Å². The molecule has 0 fully saturated rings. The van der Waals surface area contributed by atoms with Gasteiger partial charge in [0.1, 0.15) is 5.75 Å². The largest absolute Gasteiger partial charge is 0.469 e. The van der Waals surface area contributed by atoms with E-state index >= 15 is 0 Å². The molecule has 4 rings (SSSR count). The van der Waals surface area contributed by atoms with E-state index in [-0.39, 0.29) is 18.0 Å². The molecule has 0 saturated heterocycles. The predicted octanol–water partition coefficient (Wildman–Crippen LogP) is 3.42. The average Bonchev–Trinajstić information content (AvgIpc) is 2.87. The molecule has 0 aromatic heterocycles. The van der Waals surface area contributed by atoms with Gasteiger partial charge in [0.05, 0.1) is 30.9 Å². The van der Waals surface area contributed by atoms with Gasteiger partial charge in [-0.25, -0.2) is 8.42 Å². The Hall–Kier alpha value is -4.18. The zero-order valence-corrected chi connectivity index (χ0v) is 20.6. The van der Waals surface area contributed by atoms with Crippen LogP contribution < -0.4 is 9.73 Å². The number of Topliss-reactive ketones (excluding diaryl/α,β-unsaturated/α-hetero) is 1. The van der Waals surface area contributed by atoms with Crippen molar-refractivity contribution in [1.29, 1.82) is 0 Å². The summed E-state index contributed by atoms with van der Waals surface area (Å²) in [5, 5.41) is 3.02. The number of sulfonamides is 1. The van der Waals surface area contributed by atoms with Crippen LogP contribution in [-0.4, -0.2) is 51.0 Å². The highest BCUT2D eigenvalue weighted by atomic mass is 32.2. The molecular weight excluding hydrogens is 482 g/mol. The highest BCUT2D eigenvalue weighted by Gasteiger charge is 2.37. The molecular formula is C26H25N3O6S. The average molecular weight is 508 g/mol. The SMILES string of the molecule is COC(=O)CC1c2ccccc2C(=O)N(C)N1c1cccc(NS(=O)(=O)CC(=O)c2ccccc2)c1. The quantitative estimate of drug-likeness (QED) is 0.367. The third-order valence-corrected chi connectivity index (χ3v) is 7.04. The molecule has 0 spiro atoms. The summed E-state index contributed by atoms with van der Waals surface area (Å²) < 4.78 is 32.8. The lowest BCUT2D eigenvalue weighted by Gasteiger charge is -2.44. The molecule has 1 N–H and O–H groups in total. The Balaban J connectivity index is 1.64. The molecule has 186 valence electrons. The summed E-state index contributed by atoms with van der Waals surface area (Å²) in [5.41, 5.74) is 2.12. The van der Waals surface area contributed by atoms with Crippen molar-refractivity contribution in [3.8, 4) is 0 Å². The Morgan fingerprint density at radius 3 is 2.39 bits per heavy atom. The van der Waals surface area contributed by atoms with Crippen LogP contribution in [0.5, 0.6) is 0 Å². The zero-order valence-electron chi connectivity index (χ0n) is 19.7. The fourth-order valence-corrected chi connectivity index (χ4v) is 5.26. The first-order valence-corrected chi connectivity index (χ1v) is 12.8. The number of hydrogen-bond donors (Lipinski definition) is 1. The van der Waals surface area contributed by atoms with E-state index in [2.05, 4.69) is 4.72 Å². The Bertz CT molecular complexity index is 1410. The molecule has 9 nitrogen and oxygen atoms in total. The topological polar surface area (TPSA) is 113 Å². The van der Waals surface area contributed by atoms with E-state index < -0.39 is 33.6 Å². The van der Waals surface area contributed by atoms with Crippen molar-refractivity contribution in [2.24, 2.45) is 0 Å². The maximum Gasteiger partial charge on any atom is 0.308 e. The molecule has 1 amide bonds. The van der Waals surface area contributed by atoms with Crippen LogP contribution in [0.2, 0.25) is 0 Å². The number of rotatable bonds is 8. The fraction of sp³-hybridized carbons (Fsp3) is 0.192. The fourth-order valence-electron chi connectivity index (χ4n) is 4.19. The highest BCUT2D eigenvalue weighted by Crippen LogP contribution is 2.38. The van der Waals surface area contributed by atoms with Crippen LogP contribution in [0.15, 0.2) is 78.9 Å². The first-order valence-electron chi connectivity index (χ1n) is 11.1. The molecule has 3 aromatic carbocycles. The van der Waals surface area contributed by atoms with Gasteiger partial charge in [-0.3, -0.25) is 29.1 Å². The van der Waals surface area contributed by atoms with E-state index in [1.54, 1.807) is 90.9 Å². The van der Waals surface area contributed by atoms with Crippen LogP contribution in [-0.2, 0) is 19.6 Å². The summed E-state index contributed by atoms with van der Waals surface area (Å²) in [5.74, 6) is -1.98. The summed E-state index contributed by atoms with van der Waals surface area (Å²) in [4.78, 5) is 37.8. The second-order valence-corrected chi connectivity index (χ2v) is 9.98. The zero-order chi connectivity index (χ0) is 25.9. The van der Waals surface area contributed by atoms with Gasteiger partial charge in [0, 0.05) is 18.2 Å². The van der Waals surface area contributed by atoms with Gasteiger partial charge in [0.25, 0.3) is 5.91 Å². The lowest BCUT2D eigenvalue weighted by molar-refractivity contribution is -0.141. The summed E-state index contributed by atoms with van der Waals surface area (Å²) in [6, 6.07) is 21.0. The summed E-state index contributed by atoms with van der Waals surface area (Å²) in [7, 11) is -1.14. The Morgan fingerprint density at radius 2 is 1.67 bits per heavy atom. The van der Waals surface area contributed by atoms with Crippen molar-refractivity contribution < 1.29 is 27.5 Å². The second-order valence-electron chi connectivity index (χ2n) is 8.26. The van der Waals surface area contributed by atoms with E-state index in [0.29, 0.717) is 22.4 Å². The number of nitrogens with zero attached hydrogens (tertiary/aromatic N) is 2. The Kier molecular flexibility index (Phi) is 7.07. The number of fused-ring (bicyclic) bond motifs is 1. The van der Waals surface area contributed by atoms with Gasteiger partial charge < -0.3 is 4.74 Å². The molecule has 1 atom stereocenters. The second kappa shape index (κ2) is 10.2. The summed E-state index contributed by atoms with van der Waals surface area (Å²) >= 11 is 0. The van der Waals surface area contributed by atoms with Crippen molar-refractivity contribution >= 4 is 39.1 Å². The number of hydrogen-bond acceptors (Lipinski definition) is 7. The molecule has 36 heavy (non-hydrogen) atoms. The van der Waals surface area contributed by atoms with Crippen LogP contribution in [0.3, 0.4) is 0 Å². The minimum atomic E-state index is -4.01. The number of ketones is 1. The first-order chi connectivity index (χ1) is 17.2. The van der Waals surface area contributed by atoms with Crippen molar-refractivity contribution in [1.82, 2.24) is 5.01 Å². The van der Waals surface area contributed by atoms with Crippen LogP contribution in [0.4, 0.5) is 11.4 Å². The third-order valence-electron chi connectivity index (χ3n) is 5.85. The van der Waals surface area contributed by atoms with Gasteiger partial charge in [-0.2, -0.15) is 0 Å². The number of benzene rings is 3. The number of ether oxygens (including phenoxy) is 1. The number of esters is 1. The van der Waals surface area contributed by atoms with Crippen molar-refractivity contribution in [3.63, 3.8) is 0 Å². The van der Waals surface area contributed by atoms with Gasteiger partial charge in [-0.05, 0) is 29.8 Å². The van der Waals surface area contributed by atoms with Crippen LogP contribution in [0.25, 0.3) is 0 Å². The van der Waals surface area contributed by atoms with E-state index in [1.165, 1.54) is 12.1 Å². The summed E-state index contributed by atoms with van der Waals surface area (Å²) in [6.45, 7) is 0. The molecule has 1 aliphatic heterocycles. The number of carbonyl (C=O) groups is 3. The monoisotopic (exact) mass is 507 g/mol. The van der Waals surface area contributed by atoms with Crippen LogP contribution >= 0.6 is 0 Å².